The van der Waals surface area contributed by atoms with Crippen molar-refractivity contribution in [1.29, 1.82) is 0 Å². The fourth-order valence-corrected chi connectivity index (χ4v) is 5.36. The number of nitrogens with one attached hydrogen (secondary N) is 1. The first-order chi connectivity index (χ1) is 24.5. The van der Waals surface area contributed by atoms with Gasteiger partial charge in [-0.1, -0.05) is 6.07 Å². The first kappa shape index (κ1) is 36.2. The molecule has 2 aromatic heterocycles. The van der Waals surface area contributed by atoms with E-state index < -0.39 is 23.2 Å². The number of methoxy groups -OCH3 is 4. The van der Waals surface area contributed by atoms with E-state index in [2.05, 4.69) is 10.3 Å². The molecule has 0 atom stereocenters. The predicted octanol–water partition coefficient (Wildman–Crippen LogP) is 6.77. The van der Waals surface area contributed by atoms with Crippen LogP contribution in [0.4, 0.5) is 10.5 Å². The zero-order chi connectivity index (χ0) is 36.7. The highest BCUT2D eigenvalue weighted by Crippen LogP contribution is 2.44. The Labute approximate surface area is 294 Å². The summed E-state index contributed by atoms with van der Waals surface area (Å²) in [6, 6.07) is 20.2. The van der Waals surface area contributed by atoms with Crippen LogP contribution in [-0.4, -0.2) is 62.4 Å². The summed E-state index contributed by atoms with van der Waals surface area (Å²) in [5.41, 5.74) is 0.908. The molecular weight excluding hydrogens is 658 g/mol. The molecule has 0 spiro atoms. The third kappa shape index (κ3) is 8.22. The molecule has 0 unspecified atom stereocenters. The Morgan fingerprint density at radius 3 is 2.22 bits per heavy atom. The molecule has 0 saturated heterocycles. The first-order valence-corrected chi connectivity index (χ1v) is 15.8. The largest absolute Gasteiger partial charge is 0.493 e. The molecule has 0 aliphatic rings. The summed E-state index contributed by atoms with van der Waals surface area (Å²) >= 11 is 0. The number of anilines is 1. The van der Waals surface area contributed by atoms with Crippen LogP contribution in [0.3, 0.4) is 0 Å². The van der Waals surface area contributed by atoms with Crippen molar-refractivity contribution in [1.82, 2.24) is 9.55 Å². The lowest BCUT2D eigenvalue weighted by molar-refractivity contribution is 0.0489. The van der Waals surface area contributed by atoms with Gasteiger partial charge in [0.2, 0.25) is 5.75 Å². The van der Waals surface area contributed by atoms with Crippen LogP contribution in [0.25, 0.3) is 27.6 Å². The molecule has 1 N–H and O–H groups in total. The van der Waals surface area contributed by atoms with Gasteiger partial charge in [-0.3, -0.25) is 19.7 Å². The molecule has 0 saturated carbocycles. The summed E-state index contributed by atoms with van der Waals surface area (Å²) in [5, 5.41) is 3.34. The maximum Gasteiger partial charge on any atom is 0.412 e. The fraction of sp³-hybridized carbons (Fsp3) is 0.263. The van der Waals surface area contributed by atoms with E-state index in [-0.39, 0.29) is 30.2 Å². The van der Waals surface area contributed by atoms with E-state index in [1.165, 1.54) is 33.0 Å². The molecule has 13 nitrogen and oxygen atoms in total. The number of amides is 1. The smallest absolute Gasteiger partial charge is 0.412 e. The maximum absolute atomic E-state index is 14.5. The van der Waals surface area contributed by atoms with Crippen molar-refractivity contribution in [2.75, 3.05) is 40.5 Å². The summed E-state index contributed by atoms with van der Waals surface area (Å²) in [6.45, 7) is 5.33. The van der Waals surface area contributed by atoms with Crippen LogP contribution in [0, 0.1) is 0 Å². The summed E-state index contributed by atoms with van der Waals surface area (Å²) in [6.07, 6.45) is 1.02. The van der Waals surface area contributed by atoms with Crippen molar-refractivity contribution in [3.8, 4) is 39.8 Å². The normalized spacial score (nSPS) is 11.1. The lowest BCUT2D eigenvalue weighted by Gasteiger charge is -2.21. The third-order valence-electron chi connectivity index (χ3n) is 7.48. The van der Waals surface area contributed by atoms with E-state index in [9.17, 15) is 14.4 Å². The first-order valence-electron chi connectivity index (χ1n) is 15.8. The van der Waals surface area contributed by atoms with Gasteiger partial charge in [0.1, 0.15) is 23.7 Å². The van der Waals surface area contributed by atoms with Gasteiger partial charge in [-0.2, -0.15) is 0 Å². The topological polar surface area (TPSA) is 146 Å². The molecular formula is C38H39N3O10. The minimum atomic E-state index is -0.787. The number of ether oxygens (including phenoxy) is 7. The van der Waals surface area contributed by atoms with Gasteiger partial charge in [-0.05, 0) is 98.5 Å². The minimum Gasteiger partial charge on any atom is -0.493 e. The standard InChI is InChI=1S/C38H39N3O10/c1-38(2,3)51-37(44)40-24-11-13-26(14-12-24)41-33(36(43)48-7)32(23-18-30(46-5)34(47-6)31(19-23)50-22-45-4)28-16-15-27(20-29(28)35(41)42)49-21-25-10-8-9-17-39-25/h8-20H,21-22H2,1-7H3,(H,40,44). The van der Waals surface area contributed by atoms with E-state index in [1.54, 1.807) is 81.6 Å². The SMILES string of the molecule is COCOc1cc(-c2c(C(=O)OC)n(-c3ccc(NC(=O)OC(C)(C)C)cc3)c(=O)c3cc(OCc4ccccn4)ccc23)cc(OC)c1OC. The molecule has 266 valence electrons. The van der Waals surface area contributed by atoms with Crippen LogP contribution in [0.1, 0.15) is 37.0 Å². The van der Waals surface area contributed by atoms with Crippen LogP contribution in [0.15, 0.2) is 83.8 Å². The third-order valence-corrected chi connectivity index (χ3v) is 7.48. The van der Waals surface area contributed by atoms with E-state index >= 15 is 0 Å². The Morgan fingerprint density at radius 2 is 1.59 bits per heavy atom. The van der Waals surface area contributed by atoms with Crippen molar-refractivity contribution in [2.24, 2.45) is 0 Å². The Morgan fingerprint density at radius 1 is 0.843 bits per heavy atom. The lowest BCUT2D eigenvalue weighted by atomic mass is 9.95. The number of fused-ring (bicyclic) bond motifs is 1. The Hall–Kier alpha value is -6.08. The Balaban J connectivity index is 1.77. The monoisotopic (exact) mass is 697 g/mol. The number of carbonyl (C=O) groups is 2. The van der Waals surface area contributed by atoms with E-state index in [0.29, 0.717) is 50.8 Å². The number of rotatable bonds is 12. The van der Waals surface area contributed by atoms with Gasteiger partial charge in [0, 0.05) is 30.2 Å². The highest BCUT2D eigenvalue weighted by atomic mass is 16.7. The average molecular weight is 698 g/mol. The number of carbonyl (C=O) groups excluding carboxylic acids is 2. The molecule has 2 heterocycles. The van der Waals surface area contributed by atoms with Crippen molar-refractivity contribution in [3.63, 3.8) is 0 Å². The maximum atomic E-state index is 14.5. The number of benzene rings is 3. The number of hydrogen-bond donors (Lipinski definition) is 1. The molecule has 3 aromatic carbocycles. The van der Waals surface area contributed by atoms with Gasteiger partial charge >= 0.3 is 12.1 Å². The summed E-state index contributed by atoms with van der Waals surface area (Å²) in [5.74, 6) is 0.485. The lowest BCUT2D eigenvalue weighted by Crippen LogP contribution is -2.27. The molecule has 5 rings (SSSR count). The van der Waals surface area contributed by atoms with Crippen molar-refractivity contribution in [3.05, 3.63) is 101 Å². The molecule has 0 aliphatic carbocycles. The van der Waals surface area contributed by atoms with Crippen molar-refractivity contribution < 1.29 is 42.7 Å². The van der Waals surface area contributed by atoms with Crippen LogP contribution in [0.2, 0.25) is 0 Å². The number of aromatic nitrogens is 2. The predicted molar refractivity (Wildman–Crippen MR) is 190 cm³/mol. The molecule has 5 aromatic rings. The Kier molecular flexibility index (Phi) is 11.1. The van der Waals surface area contributed by atoms with E-state index in [0.717, 1.165) is 0 Å². The van der Waals surface area contributed by atoms with Gasteiger partial charge in [-0.15, -0.1) is 0 Å². The second-order valence-electron chi connectivity index (χ2n) is 12.1. The summed E-state index contributed by atoms with van der Waals surface area (Å²) in [7, 11) is 5.66. The molecule has 51 heavy (non-hydrogen) atoms. The number of pyridine rings is 2. The molecule has 0 aliphatic heterocycles. The number of hydrogen-bond acceptors (Lipinski definition) is 11. The zero-order valence-corrected chi connectivity index (χ0v) is 29.4. The quantitative estimate of drug-likeness (QED) is 0.109. The number of nitrogens with zero attached hydrogens (tertiary/aromatic N) is 2. The fourth-order valence-electron chi connectivity index (χ4n) is 5.36. The van der Waals surface area contributed by atoms with Crippen LogP contribution >= 0.6 is 0 Å². The summed E-state index contributed by atoms with van der Waals surface area (Å²) < 4.78 is 40.2. The van der Waals surface area contributed by atoms with Crippen molar-refractivity contribution in [2.45, 2.75) is 33.0 Å². The molecule has 0 bridgehead atoms. The minimum absolute atomic E-state index is 0.0742. The highest BCUT2D eigenvalue weighted by Gasteiger charge is 2.28. The Bertz CT molecular complexity index is 2090. The zero-order valence-electron chi connectivity index (χ0n) is 29.4. The van der Waals surface area contributed by atoms with E-state index in [4.69, 9.17) is 33.2 Å². The van der Waals surface area contributed by atoms with E-state index in [1.807, 2.05) is 18.2 Å². The molecule has 1 amide bonds. The van der Waals surface area contributed by atoms with Gasteiger partial charge < -0.3 is 33.2 Å². The molecule has 0 fully saturated rings. The molecule has 13 heteroatoms. The second kappa shape index (κ2) is 15.6. The second-order valence-corrected chi connectivity index (χ2v) is 12.1. The average Bonchev–Trinajstić information content (AvgIpc) is 3.12. The van der Waals surface area contributed by atoms with Gasteiger partial charge in [0.25, 0.3) is 5.56 Å². The van der Waals surface area contributed by atoms with Gasteiger partial charge in [0.05, 0.1) is 32.4 Å². The van der Waals surface area contributed by atoms with Crippen LogP contribution < -0.4 is 29.8 Å². The molecule has 0 radical (unpaired) electrons. The summed E-state index contributed by atoms with van der Waals surface area (Å²) in [4.78, 5) is 45.1. The highest BCUT2D eigenvalue weighted by molar-refractivity contribution is 6.08. The van der Waals surface area contributed by atoms with Crippen LogP contribution in [0.5, 0.6) is 23.0 Å². The number of esters is 1. The van der Waals surface area contributed by atoms with Gasteiger partial charge in [-0.25, -0.2) is 9.59 Å². The van der Waals surface area contributed by atoms with Crippen molar-refractivity contribution >= 4 is 28.5 Å². The van der Waals surface area contributed by atoms with Crippen LogP contribution in [-0.2, 0) is 20.8 Å². The van der Waals surface area contributed by atoms with Gasteiger partial charge in [0.15, 0.2) is 18.3 Å².